The maximum Gasteiger partial charge on any atom is 0.244 e. The van der Waals surface area contributed by atoms with Gasteiger partial charge in [0, 0.05) is 18.7 Å². The number of carbonyl (C=O) groups is 2. The van der Waals surface area contributed by atoms with Gasteiger partial charge in [0.1, 0.15) is 5.75 Å². The van der Waals surface area contributed by atoms with E-state index in [1.165, 1.54) is 0 Å². The lowest BCUT2D eigenvalue weighted by molar-refractivity contribution is -0.134. The third kappa shape index (κ3) is 6.13. The van der Waals surface area contributed by atoms with E-state index in [4.69, 9.17) is 4.74 Å². The topological polar surface area (TPSA) is 58.6 Å². The van der Waals surface area contributed by atoms with Crippen molar-refractivity contribution < 1.29 is 14.3 Å². The Balaban J connectivity index is 1.95. The van der Waals surface area contributed by atoms with Crippen molar-refractivity contribution in [3.05, 3.63) is 59.7 Å². The van der Waals surface area contributed by atoms with Gasteiger partial charge in [-0.2, -0.15) is 0 Å². The lowest BCUT2D eigenvalue weighted by Gasteiger charge is -2.22. The van der Waals surface area contributed by atoms with Gasteiger partial charge in [-0.25, -0.2) is 0 Å². The molecule has 2 rings (SSSR count). The Labute approximate surface area is 161 Å². The van der Waals surface area contributed by atoms with Gasteiger partial charge in [-0.1, -0.05) is 43.3 Å². The largest absolute Gasteiger partial charge is 0.496 e. The van der Waals surface area contributed by atoms with E-state index in [1.54, 1.807) is 12.0 Å². The standard InChI is InChI=1S/C22H28N2O3/c1-4-15-24(16-21(25)23-19-11-7-5-9-17(19)2)22(26)14-13-18-10-6-8-12-20(18)27-3/h5-12H,4,13-16H2,1-3H3,(H,23,25). The second-order valence-corrected chi connectivity index (χ2v) is 6.49. The molecule has 0 aliphatic heterocycles. The van der Waals surface area contributed by atoms with Crippen LogP contribution in [-0.2, 0) is 16.0 Å². The van der Waals surface area contributed by atoms with E-state index in [9.17, 15) is 9.59 Å². The molecule has 2 aromatic rings. The fourth-order valence-corrected chi connectivity index (χ4v) is 2.95. The second-order valence-electron chi connectivity index (χ2n) is 6.49. The maximum atomic E-state index is 12.7. The molecule has 0 radical (unpaired) electrons. The van der Waals surface area contributed by atoms with Crippen molar-refractivity contribution in [3.8, 4) is 5.75 Å². The summed E-state index contributed by atoms with van der Waals surface area (Å²) >= 11 is 0. The zero-order valence-electron chi connectivity index (χ0n) is 16.3. The summed E-state index contributed by atoms with van der Waals surface area (Å²) in [5.74, 6) is 0.579. The van der Waals surface area contributed by atoms with Crippen LogP contribution in [0.4, 0.5) is 5.69 Å². The van der Waals surface area contributed by atoms with E-state index in [1.807, 2.05) is 62.4 Å². The summed E-state index contributed by atoms with van der Waals surface area (Å²) in [6.07, 6.45) is 1.73. The highest BCUT2D eigenvalue weighted by Gasteiger charge is 2.17. The summed E-state index contributed by atoms with van der Waals surface area (Å²) in [7, 11) is 1.62. The molecule has 0 fully saturated rings. The first-order valence-electron chi connectivity index (χ1n) is 9.30. The molecule has 0 heterocycles. The fraction of sp³-hybridized carbons (Fsp3) is 0.364. The van der Waals surface area contributed by atoms with E-state index in [0.717, 1.165) is 29.0 Å². The normalized spacial score (nSPS) is 10.3. The summed E-state index contributed by atoms with van der Waals surface area (Å²) in [6.45, 7) is 4.57. The summed E-state index contributed by atoms with van der Waals surface area (Å²) in [4.78, 5) is 26.7. The molecule has 5 nitrogen and oxygen atoms in total. The first-order valence-corrected chi connectivity index (χ1v) is 9.30. The van der Waals surface area contributed by atoms with E-state index in [0.29, 0.717) is 19.4 Å². The van der Waals surface area contributed by atoms with Gasteiger partial charge in [-0.15, -0.1) is 0 Å². The quantitative estimate of drug-likeness (QED) is 0.732. The Bertz CT molecular complexity index is 774. The molecule has 0 aromatic heterocycles. The van der Waals surface area contributed by atoms with Crippen LogP contribution in [0, 0.1) is 6.92 Å². The number of amides is 2. The van der Waals surface area contributed by atoms with Crippen LogP contribution in [0.2, 0.25) is 0 Å². The van der Waals surface area contributed by atoms with Crippen LogP contribution in [0.5, 0.6) is 5.75 Å². The molecule has 0 unspecified atom stereocenters. The van der Waals surface area contributed by atoms with Gasteiger partial charge in [0.2, 0.25) is 11.8 Å². The number of nitrogens with zero attached hydrogens (tertiary/aromatic N) is 1. The van der Waals surface area contributed by atoms with Crippen molar-refractivity contribution in [2.75, 3.05) is 25.5 Å². The minimum Gasteiger partial charge on any atom is -0.496 e. The zero-order valence-corrected chi connectivity index (χ0v) is 16.3. The number of ether oxygens (including phenoxy) is 1. The highest BCUT2D eigenvalue weighted by molar-refractivity contribution is 5.95. The van der Waals surface area contributed by atoms with Crippen LogP contribution in [0.25, 0.3) is 0 Å². The highest BCUT2D eigenvalue weighted by Crippen LogP contribution is 2.19. The fourth-order valence-electron chi connectivity index (χ4n) is 2.95. The maximum absolute atomic E-state index is 12.7. The zero-order chi connectivity index (χ0) is 19.6. The number of hydrogen-bond acceptors (Lipinski definition) is 3. The number of carbonyl (C=O) groups excluding carboxylic acids is 2. The number of benzene rings is 2. The lowest BCUT2D eigenvalue weighted by Crippen LogP contribution is -2.38. The van der Waals surface area contributed by atoms with Gasteiger partial charge in [-0.3, -0.25) is 9.59 Å². The van der Waals surface area contributed by atoms with Crippen molar-refractivity contribution in [2.45, 2.75) is 33.1 Å². The second kappa shape index (κ2) is 10.4. The van der Waals surface area contributed by atoms with E-state index in [-0.39, 0.29) is 18.4 Å². The van der Waals surface area contributed by atoms with Gasteiger partial charge in [0.15, 0.2) is 0 Å². The third-order valence-corrected chi connectivity index (χ3v) is 4.40. The molecule has 5 heteroatoms. The molecule has 1 N–H and O–H groups in total. The summed E-state index contributed by atoms with van der Waals surface area (Å²) in [5.41, 5.74) is 2.77. The van der Waals surface area contributed by atoms with E-state index < -0.39 is 0 Å². The van der Waals surface area contributed by atoms with Crippen molar-refractivity contribution in [2.24, 2.45) is 0 Å². The molecule has 0 saturated carbocycles. The van der Waals surface area contributed by atoms with Crippen LogP contribution in [-0.4, -0.2) is 36.9 Å². The number of para-hydroxylation sites is 2. The molecule has 0 aliphatic rings. The molecule has 0 bridgehead atoms. The minimum atomic E-state index is -0.177. The summed E-state index contributed by atoms with van der Waals surface area (Å²) in [6, 6.07) is 15.3. The van der Waals surface area contributed by atoms with Crippen LogP contribution >= 0.6 is 0 Å². The van der Waals surface area contributed by atoms with E-state index in [2.05, 4.69) is 5.32 Å². The number of methoxy groups -OCH3 is 1. The molecule has 27 heavy (non-hydrogen) atoms. The van der Waals surface area contributed by atoms with Crippen LogP contribution in [0.3, 0.4) is 0 Å². The molecule has 2 aromatic carbocycles. The van der Waals surface area contributed by atoms with Crippen LogP contribution in [0.1, 0.15) is 30.9 Å². The van der Waals surface area contributed by atoms with Gasteiger partial charge in [0.25, 0.3) is 0 Å². The Morgan fingerprint density at radius 3 is 2.48 bits per heavy atom. The predicted octanol–water partition coefficient (Wildman–Crippen LogP) is 3.81. The van der Waals surface area contributed by atoms with Gasteiger partial charge in [0.05, 0.1) is 13.7 Å². The summed E-state index contributed by atoms with van der Waals surface area (Å²) in [5, 5.41) is 2.89. The van der Waals surface area contributed by atoms with Gasteiger partial charge in [-0.05, 0) is 43.0 Å². The number of rotatable bonds is 9. The van der Waals surface area contributed by atoms with Crippen molar-refractivity contribution >= 4 is 17.5 Å². The molecule has 0 saturated heterocycles. The molecule has 144 valence electrons. The Kier molecular flexibility index (Phi) is 7.86. The van der Waals surface area contributed by atoms with Crippen LogP contribution < -0.4 is 10.1 Å². The Morgan fingerprint density at radius 1 is 1.07 bits per heavy atom. The highest BCUT2D eigenvalue weighted by atomic mass is 16.5. The molecule has 2 amide bonds. The van der Waals surface area contributed by atoms with Crippen molar-refractivity contribution in [1.82, 2.24) is 4.90 Å². The third-order valence-electron chi connectivity index (χ3n) is 4.40. The number of nitrogens with one attached hydrogen (secondary N) is 1. The first-order chi connectivity index (χ1) is 13.0. The van der Waals surface area contributed by atoms with Crippen molar-refractivity contribution in [3.63, 3.8) is 0 Å². The SMILES string of the molecule is CCCN(CC(=O)Nc1ccccc1C)C(=O)CCc1ccccc1OC. The number of hydrogen-bond donors (Lipinski definition) is 1. The molecule has 0 spiro atoms. The molecule has 0 aliphatic carbocycles. The predicted molar refractivity (Wildman–Crippen MR) is 108 cm³/mol. The van der Waals surface area contributed by atoms with Gasteiger partial charge < -0.3 is 15.0 Å². The minimum absolute atomic E-state index is 0.0253. The monoisotopic (exact) mass is 368 g/mol. The Hall–Kier alpha value is -2.82. The smallest absolute Gasteiger partial charge is 0.244 e. The molecule has 0 atom stereocenters. The number of anilines is 1. The van der Waals surface area contributed by atoms with E-state index >= 15 is 0 Å². The van der Waals surface area contributed by atoms with Crippen molar-refractivity contribution in [1.29, 1.82) is 0 Å². The average molecular weight is 368 g/mol. The number of aryl methyl sites for hydroxylation is 2. The average Bonchev–Trinajstić information content (AvgIpc) is 2.67. The summed E-state index contributed by atoms with van der Waals surface area (Å²) < 4.78 is 5.34. The molecular weight excluding hydrogens is 340 g/mol. The first kappa shape index (κ1) is 20.5. The molecular formula is C22H28N2O3. The Morgan fingerprint density at radius 2 is 1.78 bits per heavy atom. The lowest BCUT2D eigenvalue weighted by atomic mass is 10.1. The van der Waals surface area contributed by atoms with Gasteiger partial charge >= 0.3 is 0 Å². The van der Waals surface area contributed by atoms with Crippen LogP contribution in [0.15, 0.2) is 48.5 Å².